The van der Waals surface area contributed by atoms with E-state index < -0.39 is 0 Å². The lowest BCUT2D eigenvalue weighted by Crippen LogP contribution is -2.34. The number of nitrogens with one attached hydrogen (secondary N) is 1. The lowest BCUT2D eigenvalue weighted by atomic mass is 10.0. The summed E-state index contributed by atoms with van der Waals surface area (Å²) in [5.74, 6) is -0.120. The first-order chi connectivity index (χ1) is 11.5. The van der Waals surface area contributed by atoms with Gasteiger partial charge >= 0.3 is 0 Å². The van der Waals surface area contributed by atoms with Gasteiger partial charge in [-0.25, -0.2) is 0 Å². The molecule has 0 aromatic heterocycles. The Kier molecular flexibility index (Phi) is 4.78. The summed E-state index contributed by atoms with van der Waals surface area (Å²) >= 11 is 11.8. The van der Waals surface area contributed by atoms with Gasteiger partial charge in [0.25, 0.3) is 5.91 Å². The third kappa shape index (κ3) is 3.25. The minimum Gasteiger partial charge on any atom is -0.322 e. The van der Waals surface area contributed by atoms with E-state index in [4.69, 9.17) is 23.2 Å². The Balaban J connectivity index is 1.82. The molecule has 0 aliphatic carbocycles. The summed E-state index contributed by atoms with van der Waals surface area (Å²) in [7, 11) is 0. The van der Waals surface area contributed by atoms with Crippen molar-refractivity contribution in [1.82, 2.24) is 0 Å². The largest absolute Gasteiger partial charge is 0.322 e. The standard InChI is InChI=1S/C18H16Cl2N2O2/c1-2-22-16-7-5-13(9-11(16)4-8-17(22)23)21-18(24)12-3-6-14(19)15(20)10-12/h3,5-7,9-10H,2,4,8H2,1H3,(H,21,24). The average molecular weight is 363 g/mol. The Morgan fingerprint density at radius 3 is 2.62 bits per heavy atom. The molecule has 0 spiro atoms. The zero-order valence-corrected chi connectivity index (χ0v) is 14.6. The van der Waals surface area contributed by atoms with Gasteiger partial charge in [0.2, 0.25) is 5.91 Å². The molecule has 124 valence electrons. The van der Waals surface area contributed by atoms with Crippen LogP contribution in [0, 0.1) is 0 Å². The van der Waals surface area contributed by atoms with Crippen molar-refractivity contribution in [3.63, 3.8) is 0 Å². The molecule has 0 bridgehead atoms. The van der Waals surface area contributed by atoms with Gasteiger partial charge in [-0.15, -0.1) is 0 Å². The first-order valence-corrected chi connectivity index (χ1v) is 8.45. The fourth-order valence-electron chi connectivity index (χ4n) is 2.83. The topological polar surface area (TPSA) is 49.4 Å². The van der Waals surface area contributed by atoms with Crippen LogP contribution in [0.15, 0.2) is 36.4 Å². The Morgan fingerprint density at radius 1 is 1.12 bits per heavy atom. The maximum Gasteiger partial charge on any atom is 0.255 e. The summed E-state index contributed by atoms with van der Waals surface area (Å²) in [6.07, 6.45) is 1.17. The lowest BCUT2D eigenvalue weighted by Gasteiger charge is -2.28. The lowest BCUT2D eigenvalue weighted by molar-refractivity contribution is -0.118. The predicted octanol–water partition coefficient (Wildman–Crippen LogP) is 4.54. The van der Waals surface area contributed by atoms with Crippen molar-refractivity contribution in [3.05, 3.63) is 57.6 Å². The van der Waals surface area contributed by atoms with Gasteiger partial charge in [0, 0.05) is 29.9 Å². The number of aryl methyl sites for hydroxylation is 1. The van der Waals surface area contributed by atoms with E-state index in [1.807, 2.05) is 19.1 Å². The molecule has 24 heavy (non-hydrogen) atoms. The molecule has 1 N–H and O–H groups in total. The summed E-state index contributed by atoms with van der Waals surface area (Å²) in [6, 6.07) is 10.3. The van der Waals surface area contributed by atoms with Gasteiger partial charge in [-0.2, -0.15) is 0 Å². The van der Waals surface area contributed by atoms with Crippen LogP contribution < -0.4 is 10.2 Å². The zero-order valence-electron chi connectivity index (χ0n) is 13.1. The molecule has 1 aliphatic heterocycles. The van der Waals surface area contributed by atoms with Crippen molar-refractivity contribution >= 4 is 46.4 Å². The van der Waals surface area contributed by atoms with Crippen LogP contribution in [0.4, 0.5) is 11.4 Å². The van der Waals surface area contributed by atoms with Gasteiger partial charge in [0.15, 0.2) is 0 Å². The third-order valence-corrected chi connectivity index (χ3v) is 4.77. The second-order valence-corrected chi connectivity index (χ2v) is 6.38. The summed E-state index contributed by atoms with van der Waals surface area (Å²) in [5, 5.41) is 3.60. The number of carbonyl (C=O) groups excluding carboxylic acids is 2. The minimum atomic E-state index is -0.257. The van der Waals surface area contributed by atoms with E-state index in [2.05, 4.69) is 5.32 Å². The first kappa shape index (κ1) is 16.8. The highest BCUT2D eigenvalue weighted by atomic mass is 35.5. The van der Waals surface area contributed by atoms with Gasteiger partial charge in [0.1, 0.15) is 0 Å². The zero-order chi connectivity index (χ0) is 17.3. The molecule has 0 atom stereocenters. The minimum absolute atomic E-state index is 0.137. The Labute approximate surface area is 150 Å². The molecule has 0 radical (unpaired) electrons. The van der Waals surface area contributed by atoms with Crippen LogP contribution in [0.1, 0.15) is 29.3 Å². The van der Waals surface area contributed by atoms with Crippen LogP contribution in [0.25, 0.3) is 0 Å². The van der Waals surface area contributed by atoms with Crippen molar-refractivity contribution in [2.75, 3.05) is 16.8 Å². The van der Waals surface area contributed by atoms with E-state index in [1.54, 1.807) is 23.1 Å². The highest BCUT2D eigenvalue weighted by Gasteiger charge is 2.23. The quantitative estimate of drug-likeness (QED) is 0.870. The molecule has 0 fully saturated rings. The molecule has 2 aromatic rings. The number of rotatable bonds is 3. The van der Waals surface area contributed by atoms with Gasteiger partial charge < -0.3 is 10.2 Å². The highest BCUT2D eigenvalue weighted by molar-refractivity contribution is 6.42. The number of hydrogen-bond acceptors (Lipinski definition) is 2. The van der Waals surface area contributed by atoms with E-state index in [-0.39, 0.29) is 11.8 Å². The molecular weight excluding hydrogens is 347 g/mol. The number of benzene rings is 2. The molecule has 2 amide bonds. The van der Waals surface area contributed by atoms with Gasteiger partial charge in [-0.05, 0) is 55.3 Å². The van der Waals surface area contributed by atoms with E-state index in [0.717, 1.165) is 11.3 Å². The maximum atomic E-state index is 12.3. The van der Waals surface area contributed by atoms with Crippen molar-refractivity contribution in [3.8, 4) is 0 Å². The van der Waals surface area contributed by atoms with Crippen LogP contribution in [-0.4, -0.2) is 18.4 Å². The smallest absolute Gasteiger partial charge is 0.255 e. The Morgan fingerprint density at radius 2 is 1.92 bits per heavy atom. The van der Waals surface area contributed by atoms with Crippen molar-refractivity contribution in [1.29, 1.82) is 0 Å². The molecule has 1 aliphatic rings. The van der Waals surface area contributed by atoms with Crippen molar-refractivity contribution in [2.24, 2.45) is 0 Å². The predicted molar refractivity (Wildman–Crippen MR) is 97.2 cm³/mol. The van der Waals surface area contributed by atoms with Crippen LogP contribution in [0.3, 0.4) is 0 Å². The first-order valence-electron chi connectivity index (χ1n) is 7.69. The molecule has 0 saturated carbocycles. The van der Waals surface area contributed by atoms with Crippen LogP contribution in [0.2, 0.25) is 10.0 Å². The second-order valence-electron chi connectivity index (χ2n) is 5.56. The molecule has 3 rings (SSSR count). The number of fused-ring (bicyclic) bond motifs is 1. The number of carbonyl (C=O) groups is 2. The van der Waals surface area contributed by atoms with Crippen molar-refractivity contribution in [2.45, 2.75) is 19.8 Å². The van der Waals surface area contributed by atoms with Crippen LogP contribution >= 0.6 is 23.2 Å². The summed E-state index contributed by atoms with van der Waals surface area (Å²) in [4.78, 5) is 26.0. The molecule has 6 heteroatoms. The maximum absolute atomic E-state index is 12.3. The number of amides is 2. The Bertz CT molecular complexity index is 821. The third-order valence-electron chi connectivity index (χ3n) is 4.04. The fourth-order valence-corrected chi connectivity index (χ4v) is 3.12. The van der Waals surface area contributed by atoms with E-state index in [0.29, 0.717) is 40.7 Å². The molecule has 4 nitrogen and oxygen atoms in total. The van der Waals surface area contributed by atoms with Crippen LogP contribution in [0.5, 0.6) is 0 Å². The Hall–Kier alpha value is -2.04. The van der Waals surface area contributed by atoms with E-state index >= 15 is 0 Å². The fraction of sp³-hybridized carbons (Fsp3) is 0.222. The summed E-state index contributed by atoms with van der Waals surface area (Å²) in [6.45, 7) is 2.59. The van der Waals surface area contributed by atoms with Gasteiger partial charge in [-0.1, -0.05) is 23.2 Å². The average Bonchev–Trinajstić information content (AvgIpc) is 2.57. The van der Waals surface area contributed by atoms with E-state index in [9.17, 15) is 9.59 Å². The number of hydrogen-bond donors (Lipinski definition) is 1. The molecule has 0 unspecified atom stereocenters. The number of halogens is 2. The molecule has 1 heterocycles. The van der Waals surface area contributed by atoms with Gasteiger partial charge in [-0.3, -0.25) is 9.59 Å². The van der Waals surface area contributed by atoms with Gasteiger partial charge in [0.05, 0.1) is 10.0 Å². The number of nitrogens with zero attached hydrogens (tertiary/aromatic N) is 1. The SMILES string of the molecule is CCN1C(=O)CCc2cc(NC(=O)c3ccc(Cl)c(Cl)c3)ccc21. The molecule has 2 aromatic carbocycles. The highest BCUT2D eigenvalue weighted by Crippen LogP contribution is 2.30. The van der Waals surface area contributed by atoms with Crippen LogP contribution in [-0.2, 0) is 11.2 Å². The van der Waals surface area contributed by atoms with E-state index in [1.165, 1.54) is 6.07 Å². The summed E-state index contributed by atoms with van der Waals surface area (Å²) < 4.78 is 0. The second kappa shape index (κ2) is 6.83. The summed E-state index contributed by atoms with van der Waals surface area (Å²) in [5.41, 5.74) is 3.10. The molecule has 0 saturated heterocycles. The van der Waals surface area contributed by atoms with Crippen molar-refractivity contribution < 1.29 is 9.59 Å². The monoisotopic (exact) mass is 362 g/mol. The molecular formula is C18H16Cl2N2O2. The normalized spacial score (nSPS) is 13.6. The number of anilines is 2.